The Hall–Kier alpha value is -2.32. The first-order chi connectivity index (χ1) is 41.5. The van der Waals surface area contributed by atoms with E-state index >= 15 is 0 Å². The van der Waals surface area contributed by atoms with E-state index in [9.17, 15) is 19.4 Å². The Balaban J connectivity index is 4.03. The number of carbonyl (C=O) groups excluding carboxylic acids is 1. The average molecular weight is 1210 g/mol. The largest absolute Gasteiger partial charge is 0.756 e. The van der Waals surface area contributed by atoms with Crippen LogP contribution in [0.2, 0.25) is 0 Å². The highest BCUT2D eigenvalue weighted by Gasteiger charge is 2.23. The Bertz CT molecular complexity index is 1660. The number of aliphatic hydroxyl groups excluding tert-OH is 1. The predicted octanol–water partition coefficient (Wildman–Crippen LogP) is 22.9. The number of quaternary nitrogens is 1. The number of carbonyl (C=O) groups is 1. The van der Waals surface area contributed by atoms with Crippen LogP contribution < -0.4 is 10.2 Å². The average Bonchev–Trinajstić information content (AvgIpc) is 3.49. The third kappa shape index (κ3) is 69.0. The van der Waals surface area contributed by atoms with Crippen LogP contribution in [0.25, 0.3) is 0 Å². The van der Waals surface area contributed by atoms with Gasteiger partial charge in [0.2, 0.25) is 5.91 Å². The van der Waals surface area contributed by atoms with Crippen LogP contribution in [0.3, 0.4) is 0 Å². The molecule has 0 aliphatic heterocycles. The van der Waals surface area contributed by atoms with Crippen LogP contribution in [0.4, 0.5) is 0 Å². The van der Waals surface area contributed by atoms with Gasteiger partial charge in [0, 0.05) is 6.42 Å². The van der Waals surface area contributed by atoms with Gasteiger partial charge in [0.05, 0.1) is 39.9 Å². The molecule has 0 radical (unpaired) electrons. The van der Waals surface area contributed by atoms with Crippen molar-refractivity contribution in [2.24, 2.45) is 0 Å². The maximum absolute atomic E-state index is 13.0. The van der Waals surface area contributed by atoms with Crippen LogP contribution in [-0.4, -0.2) is 68.5 Å². The first-order valence-electron chi connectivity index (χ1n) is 36.4. The summed E-state index contributed by atoms with van der Waals surface area (Å²) < 4.78 is 23.5. The number of allylic oxidation sites excluding steroid dienone is 13. The molecule has 0 rings (SSSR count). The highest BCUT2D eigenvalue weighted by atomic mass is 31.2. The number of aliphatic hydroxyl groups is 1. The van der Waals surface area contributed by atoms with Gasteiger partial charge < -0.3 is 28.8 Å². The van der Waals surface area contributed by atoms with Crippen LogP contribution in [-0.2, 0) is 18.4 Å². The molecule has 0 saturated heterocycles. The molecular formula is C76H141N2O6P. The van der Waals surface area contributed by atoms with Crippen molar-refractivity contribution in [2.45, 2.75) is 353 Å². The van der Waals surface area contributed by atoms with Crippen LogP contribution in [0, 0.1) is 0 Å². The Morgan fingerprint density at radius 1 is 0.424 bits per heavy atom. The minimum atomic E-state index is -4.61. The monoisotopic (exact) mass is 1210 g/mol. The molecule has 0 heterocycles. The van der Waals surface area contributed by atoms with E-state index < -0.39 is 26.6 Å². The van der Waals surface area contributed by atoms with Crippen LogP contribution in [0.1, 0.15) is 341 Å². The third-order valence-corrected chi connectivity index (χ3v) is 17.3. The molecule has 2 N–H and O–H groups in total. The molecule has 0 saturated carbocycles. The van der Waals surface area contributed by atoms with E-state index in [-0.39, 0.29) is 12.5 Å². The Kier molecular flexibility index (Phi) is 64.3. The number of hydrogen-bond donors (Lipinski definition) is 2. The summed E-state index contributed by atoms with van der Waals surface area (Å²) in [5.74, 6) is -0.203. The van der Waals surface area contributed by atoms with Gasteiger partial charge in [-0.3, -0.25) is 9.36 Å². The molecule has 85 heavy (non-hydrogen) atoms. The SMILES string of the molecule is CC/C=C\C/C=C\C/C=C\C/C=C\C/C=C\CCCCCCCCCCCCCCCCCCCCCCCC(=O)NC(COP(=O)([O-])OCC[N+](C)(C)C)C(O)/C=C/CC/C=C/CCCCCCCCCCCCCCCCCCCCCC. The van der Waals surface area contributed by atoms with Crippen molar-refractivity contribution in [3.05, 3.63) is 85.1 Å². The first-order valence-corrected chi connectivity index (χ1v) is 37.9. The van der Waals surface area contributed by atoms with Crippen molar-refractivity contribution in [2.75, 3.05) is 40.9 Å². The number of hydrogen-bond acceptors (Lipinski definition) is 6. The van der Waals surface area contributed by atoms with Gasteiger partial charge in [-0.15, -0.1) is 0 Å². The molecule has 0 aromatic carbocycles. The molecule has 0 aromatic rings. The number of phosphoric acid groups is 1. The minimum Gasteiger partial charge on any atom is -0.756 e. The molecular weight excluding hydrogens is 1070 g/mol. The van der Waals surface area contributed by atoms with Gasteiger partial charge >= 0.3 is 0 Å². The highest BCUT2D eigenvalue weighted by Crippen LogP contribution is 2.38. The zero-order valence-corrected chi connectivity index (χ0v) is 57.7. The number of rotatable bonds is 67. The second-order valence-corrected chi connectivity index (χ2v) is 27.3. The third-order valence-electron chi connectivity index (χ3n) is 16.3. The second-order valence-electron chi connectivity index (χ2n) is 25.9. The number of unbranched alkanes of at least 4 members (excludes halogenated alkanes) is 42. The lowest BCUT2D eigenvalue weighted by molar-refractivity contribution is -0.870. The number of nitrogens with one attached hydrogen (secondary N) is 1. The molecule has 8 nitrogen and oxygen atoms in total. The van der Waals surface area contributed by atoms with Gasteiger partial charge in [0.25, 0.3) is 7.82 Å². The summed E-state index contributed by atoms with van der Waals surface area (Å²) in [7, 11) is 1.25. The molecule has 9 heteroatoms. The van der Waals surface area contributed by atoms with Crippen molar-refractivity contribution in [3.8, 4) is 0 Å². The van der Waals surface area contributed by atoms with E-state index in [4.69, 9.17) is 9.05 Å². The predicted molar refractivity (Wildman–Crippen MR) is 371 cm³/mol. The number of likely N-dealkylation sites (N-methyl/N-ethyl adjacent to an activating group) is 1. The smallest absolute Gasteiger partial charge is 0.268 e. The van der Waals surface area contributed by atoms with E-state index in [1.54, 1.807) is 6.08 Å². The summed E-state index contributed by atoms with van der Waals surface area (Å²) in [6.45, 7) is 4.56. The van der Waals surface area contributed by atoms with E-state index in [1.807, 2.05) is 27.2 Å². The molecule has 0 aliphatic carbocycles. The fourth-order valence-electron chi connectivity index (χ4n) is 10.7. The van der Waals surface area contributed by atoms with Crippen molar-refractivity contribution >= 4 is 13.7 Å². The van der Waals surface area contributed by atoms with E-state index in [0.717, 1.165) is 70.6 Å². The molecule has 0 spiro atoms. The van der Waals surface area contributed by atoms with E-state index in [1.165, 1.54) is 250 Å². The standard InChI is InChI=1S/C76H141N2O6P/c1-6-8-10-12-14-16-18-20-22-24-26-28-30-32-34-35-36-37-38-39-40-41-42-43-44-46-48-50-52-54-56-58-60-62-64-66-68-70-76(80)77-74(73-84-85(81,82)83-72-71-78(3,4)5)75(79)69-67-65-63-61-59-57-55-53-51-49-47-45-33-31-29-27-25-23-21-19-17-15-13-11-9-7-2/h8,10,14,16,20,22,26,28,32,34,59,61,67,69,74-75,79H,6-7,9,11-13,15,17-19,21,23-25,27,29-31,33,35-58,60,62-66,68,70-73H2,1-5H3,(H-,77,80,81,82)/b10-8-,16-14-,22-20-,28-26-,34-32-,61-59+,69-67+. The van der Waals surface area contributed by atoms with Gasteiger partial charge in [-0.25, -0.2) is 0 Å². The van der Waals surface area contributed by atoms with Crippen molar-refractivity contribution < 1.29 is 32.9 Å². The molecule has 0 aliphatic rings. The van der Waals surface area contributed by atoms with E-state index in [2.05, 4.69) is 92.1 Å². The lowest BCUT2D eigenvalue weighted by atomic mass is 10.0. The van der Waals surface area contributed by atoms with Crippen LogP contribution >= 0.6 is 7.82 Å². The fourth-order valence-corrected chi connectivity index (χ4v) is 11.5. The number of nitrogens with zero attached hydrogens (tertiary/aromatic N) is 1. The molecule has 0 bridgehead atoms. The summed E-state index contributed by atoms with van der Waals surface area (Å²) in [5, 5.41) is 14.0. The summed E-state index contributed by atoms with van der Waals surface area (Å²) in [4.78, 5) is 25.6. The first kappa shape index (κ1) is 82.7. The van der Waals surface area contributed by atoms with Crippen molar-refractivity contribution in [1.82, 2.24) is 5.32 Å². The molecule has 3 unspecified atom stereocenters. The quantitative estimate of drug-likeness (QED) is 0.0272. The van der Waals surface area contributed by atoms with E-state index in [0.29, 0.717) is 17.4 Å². The summed E-state index contributed by atoms with van der Waals surface area (Å²) in [6, 6.07) is -0.907. The van der Waals surface area contributed by atoms with Gasteiger partial charge in [-0.2, -0.15) is 0 Å². The summed E-state index contributed by atoms with van der Waals surface area (Å²) in [6.07, 6.45) is 94.4. The van der Waals surface area contributed by atoms with Gasteiger partial charge in [0.1, 0.15) is 13.2 Å². The topological polar surface area (TPSA) is 108 Å². The summed E-state index contributed by atoms with van der Waals surface area (Å²) in [5.41, 5.74) is 0. The molecule has 1 amide bonds. The number of amides is 1. The molecule has 0 aromatic heterocycles. The molecule has 496 valence electrons. The van der Waals surface area contributed by atoms with Crippen LogP contribution in [0.5, 0.6) is 0 Å². The van der Waals surface area contributed by atoms with Crippen LogP contribution in [0.15, 0.2) is 85.1 Å². The number of phosphoric ester groups is 1. The Morgan fingerprint density at radius 2 is 0.729 bits per heavy atom. The van der Waals surface area contributed by atoms with Crippen molar-refractivity contribution in [1.29, 1.82) is 0 Å². The molecule has 3 atom stereocenters. The molecule has 0 fully saturated rings. The summed E-state index contributed by atoms with van der Waals surface area (Å²) >= 11 is 0. The fraction of sp³-hybridized carbons (Fsp3) is 0.803. The van der Waals surface area contributed by atoms with Gasteiger partial charge in [-0.1, -0.05) is 343 Å². The van der Waals surface area contributed by atoms with Gasteiger partial charge in [-0.05, 0) is 77.0 Å². The highest BCUT2D eigenvalue weighted by molar-refractivity contribution is 7.45. The normalized spacial score (nSPS) is 14.1. The van der Waals surface area contributed by atoms with Crippen molar-refractivity contribution in [3.63, 3.8) is 0 Å². The second kappa shape index (κ2) is 66.1. The van der Waals surface area contributed by atoms with Gasteiger partial charge in [0.15, 0.2) is 0 Å². The lowest BCUT2D eigenvalue weighted by Crippen LogP contribution is -2.45. The lowest BCUT2D eigenvalue weighted by Gasteiger charge is -2.29. The maximum atomic E-state index is 13.0. The Morgan fingerprint density at radius 3 is 1.09 bits per heavy atom. The maximum Gasteiger partial charge on any atom is 0.268 e. The Labute approximate surface area is 528 Å². The zero-order valence-electron chi connectivity index (χ0n) is 56.8. The zero-order chi connectivity index (χ0) is 61.9. The minimum absolute atomic E-state index is 0.00684.